The van der Waals surface area contributed by atoms with Crippen LogP contribution >= 0.6 is 0 Å². The first-order valence-corrected chi connectivity index (χ1v) is 13.9. The fourth-order valence-corrected chi connectivity index (χ4v) is 6.33. The number of amides is 2. The van der Waals surface area contributed by atoms with Crippen LogP contribution in [0.2, 0.25) is 0 Å². The number of halogens is 1. The van der Waals surface area contributed by atoms with E-state index >= 15 is 0 Å². The summed E-state index contributed by atoms with van der Waals surface area (Å²) in [6.45, 7) is 3.45. The van der Waals surface area contributed by atoms with Crippen molar-refractivity contribution in [1.29, 1.82) is 0 Å². The Morgan fingerprint density at radius 3 is 2.60 bits per heavy atom. The van der Waals surface area contributed by atoms with Gasteiger partial charge >= 0.3 is 0 Å². The number of aliphatic hydroxyl groups is 1. The molecule has 1 unspecified atom stereocenters. The summed E-state index contributed by atoms with van der Waals surface area (Å²) in [7, 11) is 0. The van der Waals surface area contributed by atoms with Crippen LogP contribution in [0.1, 0.15) is 82.9 Å². The van der Waals surface area contributed by atoms with Gasteiger partial charge in [-0.3, -0.25) is 14.4 Å². The number of hydrogen-bond donors (Lipinski definition) is 3. The highest BCUT2D eigenvalue weighted by atomic mass is 19.1. The van der Waals surface area contributed by atoms with Gasteiger partial charge in [0.05, 0.1) is 29.9 Å². The van der Waals surface area contributed by atoms with Gasteiger partial charge < -0.3 is 15.3 Å². The summed E-state index contributed by atoms with van der Waals surface area (Å²) in [4.78, 5) is 40.5. The highest BCUT2D eigenvalue weighted by Gasteiger charge is 2.49. The van der Waals surface area contributed by atoms with E-state index in [2.05, 4.69) is 15.5 Å². The summed E-state index contributed by atoms with van der Waals surface area (Å²) in [5, 5.41) is 20.5. The number of rotatable bonds is 7. The molecule has 1 saturated carbocycles. The zero-order valence-corrected chi connectivity index (χ0v) is 22.9. The molecule has 0 bridgehead atoms. The monoisotopic (exact) mass is 546 g/mol. The number of H-pyrrole nitrogens is 1. The molecule has 5 rings (SSSR count). The Morgan fingerprint density at radius 2 is 1.88 bits per heavy atom. The quantitative estimate of drug-likeness (QED) is 0.416. The second-order valence-electron chi connectivity index (χ2n) is 11.1. The number of aromatic nitrogens is 2. The Bertz CT molecular complexity index is 1480. The van der Waals surface area contributed by atoms with E-state index in [9.17, 15) is 23.9 Å². The molecule has 2 aliphatic rings. The topological polar surface area (TPSA) is 115 Å². The van der Waals surface area contributed by atoms with E-state index in [-0.39, 0.29) is 35.9 Å². The van der Waals surface area contributed by atoms with Crippen molar-refractivity contribution >= 4 is 11.8 Å². The third-order valence-corrected chi connectivity index (χ3v) is 8.39. The summed E-state index contributed by atoms with van der Waals surface area (Å²) < 4.78 is 14.1. The number of nitrogens with zero attached hydrogens (tertiary/aromatic N) is 2. The molecule has 1 aromatic heterocycles. The second kappa shape index (κ2) is 11.3. The molecule has 0 radical (unpaired) electrons. The Labute approximate surface area is 232 Å². The lowest BCUT2D eigenvalue weighted by Gasteiger charge is -2.39. The van der Waals surface area contributed by atoms with Crippen LogP contribution in [0.5, 0.6) is 0 Å². The molecule has 1 aliphatic heterocycles. The number of carbonyl (C=O) groups is 2. The summed E-state index contributed by atoms with van der Waals surface area (Å²) in [6.07, 6.45) is 4.71. The Hall–Kier alpha value is -3.85. The molecule has 2 fully saturated rings. The average molecular weight is 547 g/mol. The van der Waals surface area contributed by atoms with Crippen LogP contribution in [0, 0.1) is 19.7 Å². The number of aromatic amines is 1. The Kier molecular flexibility index (Phi) is 7.85. The molecule has 2 atom stereocenters. The minimum absolute atomic E-state index is 0.232. The molecule has 8 nitrogen and oxygen atoms in total. The van der Waals surface area contributed by atoms with E-state index in [0.29, 0.717) is 54.5 Å². The van der Waals surface area contributed by atoms with Crippen molar-refractivity contribution in [3.8, 4) is 0 Å². The number of carbonyl (C=O) groups excluding carboxylic acids is 2. The predicted octanol–water partition coefficient (Wildman–Crippen LogP) is 3.88. The molecule has 210 valence electrons. The summed E-state index contributed by atoms with van der Waals surface area (Å²) >= 11 is 0. The normalized spacial score (nSPS) is 20.1. The molecule has 2 aromatic carbocycles. The molecule has 1 aliphatic carbocycles. The molecule has 1 saturated heterocycles. The lowest BCUT2D eigenvalue weighted by Crippen LogP contribution is -2.53. The number of aryl methyl sites for hydroxylation is 2. The summed E-state index contributed by atoms with van der Waals surface area (Å²) in [5.74, 6) is -1.06. The molecular formula is C31H35FN4O4. The number of likely N-dealkylation sites (tertiary alicyclic amines) is 1. The summed E-state index contributed by atoms with van der Waals surface area (Å²) in [6, 6.07) is 12.5. The third-order valence-electron chi connectivity index (χ3n) is 8.39. The maximum absolute atomic E-state index is 14.1. The first-order chi connectivity index (χ1) is 19.1. The zero-order valence-electron chi connectivity index (χ0n) is 22.9. The number of nitrogens with one attached hydrogen (secondary N) is 2. The molecule has 40 heavy (non-hydrogen) atoms. The van der Waals surface area contributed by atoms with Crippen LogP contribution < -0.4 is 10.9 Å². The van der Waals surface area contributed by atoms with Crippen molar-refractivity contribution in [3.63, 3.8) is 0 Å². The van der Waals surface area contributed by atoms with E-state index in [0.717, 1.165) is 24.0 Å². The van der Waals surface area contributed by atoms with Crippen LogP contribution in [0.15, 0.2) is 53.3 Å². The van der Waals surface area contributed by atoms with Gasteiger partial charge in [0.15, 0.2) is 0 Å². The molecule has 2 amide bonds. The Balaban J connectivity index is 1.30. The van der Waals surface area contributed by atoms with Crippen LogP contribution in [-0.4, -0.2) is 50.2 Å². The van der Waals surface area contributed by atoms with Crippen LogP contribution in [0.4, 0.5) is 4.39 Å². The first kappa shape index (κ1) is 27.7. The Morgan fingerprint density at radius 1 is 1.10 bits per heavy atom. The van der Waals surface area contributed by atoms with E-state index < -0.39 is 11.5 Å². The third kappa shape index (κ3) is 5.70. The van der Waals surface area contributed by atoms with Gasteiger partial charge in [-0.2, -0.15) is 5.10 Å². The lowest BCUT2D eigenvalue weighted by atomic mass is 9.90. The average Bonchev–Trinajstić information content (AvgIpc) is 3.58. The SMILES string of the molecule is Cc1cc(Cc2ccc(C(=O)NCC(=O)N3C(C4(O)CCCC4)CC[C@H]3c3cccc(F)c3)cc2C)c(=O)[nH]n1. The molecule has 3 aromatic rings. The highest BCUT2D eigenvalue weighted by molar-refractivity contribution is 5.96. The zero-order chi connectivity index (χ0) is 28.4. The molecule has 0 spiro atoms. The maximum Gasteiger partial charge on any atom is 0.267 e. The highest BCUT2D eigenvalue weighted by Crippen LogP contribution is 2.45. The van der Waals surface area contributed by atoms with Crippen molar-refractivity contribution in [2.24, 2.45) is 0 Å². The first-order valence-electron chi connectivity index (χ1n) is 13.9. The number of hydrogen-bond acceptors (Lipinski definition) is 5. The minimum Gasteiger partial charge on any atom is -0.388 e. The molecular weight excluding hydrogens is 511 g/mol. The van der Waals surface area contributed by atoms with Gasteiger partial charge in [0, 0.05) is 17.5 Å². The maximum atomic E-state index is 14.1. The summed E-state index contributed by atoms with van der Waals surface area (Å²) in [5.41, 5.74) is 2.95. The smallest absolute Gasteiger partial charge is 0.267 e. The van der Waals surface area contributed by atoms with Gasteiger partial charge in [-0.25, -0.2) is 9.49 Å². The van der Waals surface area contributed by atoms with Crippen molar-refractivity contribution in [1.82, 2.24) is 20.4 Å². The van der Waals surface area contributed by atoms with Gasteiger partial charge in [-0.05, 0) is 86.6 Å². The van der Waals surface area contributed by atoms with Crippen LogP contribution in [-0.2, 0) is 11.2 Å². The van der Waals surface area contributed by atoms with Crippen molar-refractivity contribution < 1.29 is 19.1 Å². The van der Waals surface area contributed by atoms with E-state index in [4.69, 9.17) is 0 Å². The van der Waals surface area contributed by atoms with Crippen LogP contribution in [0.25, 0.3) is 0 Å². The standard InChI is InChI=1S/C31H35FN4O4/c1-19-14-23(9-8-21(19)16-24-15-20(2)34-35-30(24)39)29(38)33-18-28(37)36-26(22-6-5-7-25(32)17-22)10-11-27(36)31(40)12-3-4-13-31/h5-9,14-15,17,26-27,40H,3-4,10-13,16,18H2,1-2H3,(H,33,38)(H,35,39)/t26-,27?/m0/s1. The van der Waals surface area contributed by atoms with Gasteiger partial charge in [0.1, 0.15) is 5.82 Å². The molecule has 9 heteroatoms. The largest absolute Gasteiger partial charge is 0.388 e. The van der Waals surface area contributed by atoms with Gasteiger partial charge in [-0.15, -0.1) is 0 Å². The van der Waals surface area contributed by atoms with Crippen molar-refractivity contribution in [2.45, 2.75) is 76.5 Å². The van der Waals surface area contributed by atoms with E-state index in [1.807, 2.05) is 13.0 Å². The predicted molar refractivity (Wildman–Crippen MR) is 148 cm³/mol. The fraction of sp³-hybridized carbons (Fsp3) is 0.419. The van der Waals surface area contributed by atoms with Gasteiger partial charge in [-0.1, -0.05) is 31.0 Å². The van der Waals surface area contributed by atoms with Gasteiger partial charge in [0.2, 0.25) is 5.91 Å². The van der Waals surface area contributed by atoms with E-state index in [1.165, 1.54) is 12.1 Å². The lowest BCUT2D eigenvalue weighted by molar-refractivity contribution is -0.139. The number of benzene rings is 2. The van der Waals surface area contributed by atoms with Crippen LogP contribution in [0.3, 0.4) is 0 Å². The minimum atomic E-state index is -0.968. The van der Waals surface area contributed by atoms with E-state index in [1.54, 1.807) is 42.2 Å². The van der Waals surface area contributed by atoms with Gasteiger partial charge in [0.25, 0.3) is 11.5 Å². The van der Waals surface area contributed by atoms with Crippen molar-refractivity contribution in [3.05, 3.63) is 98.2 Å². The molecule has 3 N–H and O–H groups in total. The fourth-order valence-electron chi connectivity index (χ4n) is 6.33. The van der Waals surface area contributed by atoms with Crippen molar-refractivity contribution in [2.75, 3.05) is 6.54 Å². The second-order valence-corrected chi connectivity index (χ2v) is 11.1. The molecule has 2 heterocycles.